The van der Waals surface area contributed by atoms with E-state index in [9.17, 15) is 10.1 Å². The Morgan fingerprint density at radius 1 is 1.19 bits per heavy atom. The summed E-state index contributed by atoms with van der Waals surface area (Å²) in [5.74, 6) is 0.740. The van der Waals surface area contributed by atoms with Gasteiger partial charge in [0.05, 0.1) is 4.92 Å². The fourth-order valence-electron chi connectivity index (χ4n) is 1.96. The Morgan fingerprint density at radius 3 is 2.57 bits per heavy atom. The van der Waals surface area contributed by atoms with Crippen molar-refractivity contribution >= 4 is 6.08 Å². The summed E-state index contributed by atoms with van der Waals surface area (Å²) in [5, 5.41) is 10.7. The minimum Gasteiger partial charge on any atom is -0.489 e. The lowest BCUT2D eigenvalue weighted by molar-refractivity contribution is -0.422. The number of rotatable bonds is 5. The number of nitro groups is 1. The van der Waals surface area contributed by atoms with Crippen LogP contribution in [0.15, 0.2) is 54.2 Å². The Bertz CT molecular complexity index is 663. The van der Waals surface area contributed by atoms with Crippen molar-refractivity contribution in [2.24, 2.45) is 0 Å². The molecule has 0 spiro atoms. The number of allylic oxidation sites excluding steroid dienone is 1. The fraction of sp³-hybridized carbons (Fsp3) is 0.176. The highest BCUT2D eigenvalue weighted by molar-refractivity contribution is 5.58. The van der Waals surface area contributed by atoms with Crippen LogP contribution in [0.4, 0.5) is 0 Å². The highest BCUT2D eigenvalue weighted by atomic mass is 16.6. The van der Waals surface area contributed by atoms with Crippen molar-refractivity contribution < 1.29 is 9.66 Å². The van der Waals surface area contributed by atoms with E-state index >= 15 is 0 Å². The highest BCUT2D eigenvalue weighted by Crippen LogP contribution is 2.24. The topological polar surface area (TPSA) is 52.4 Å². The van der Waals surface area contributed by atoms with Gasteiger partial charge in [0.25, 0.3) is 0 Å². The summed E-state index contributed by atoms with van der Waals surface area (Å²) in [6, 6.07) is 15.4. The maximum Gasteiger partial charge on any atom is 0.243 e. The molecule has 0 amide bonds. The third-order valence-electron chi connectivity index (χ3n) is 3.22. The van der Waals surface area contributed by atoms with Gasteiger partial charge in [0.1, 0.15) is 12.4 Å². The summed E-state index contributed by atoms with van der Waals surface area (Å²) in [6.45, 7) is 3.86. The standard InChI is InChI=1S/C17H17NO3/c1-13(18(19)20)11-16-9-6-10-17(14(16)2)21-12-15-7-4-3-5-8-15/h3-11H,12H2,1-2H3/b13-11-. The summed E-state index contributed by atoms with van der Waals surface area (Å²) in [6.07, 6.45) is 1.56. The van der Waals surface area contributed by atoms with Crippen LogP contribution in [0, 0.1) is 17.0 Å². The summed E-state index contributed by atoms with van der Waals surface area (Å²) in [5.41, 5.74) is 2.89. The summed E-state index contributed by atoms with van der Waals surface area (Å²) in [4.78, 5) is 10.3. The molecule has 4 nitrogen and oxygen atoms in total. The SMILES string of the molecule is C/C(=C/c1cccc(OCc2ccccc2)c1C)[N+](=O)[O-]. The Balaban J connectivity index is 2.18. The lowest BCUT2D eigenvalue weighted by Gasteiger charge is -2.11. The molecule has 2 rings (SSSR count). The van der Waals surface area contributed by atoms with Crippen molar-refractivity contribution in [3.05, 3.63) is 81.0 Å². The van der Waals surface area contributed by atoms with Gasteiger partial charge in [-0.25, -0.2) is 0 Å². The number of ether oxygens (including phenoxy) is 1. The van der Waals surface area contributed by atoms with Crippen LogP contribution in [0.5, 0.6) is 5.75 Å². The molecule has 0 bridgehead atoms. The zero-order valence-electron chi connectivity index (χ0n) is 12.1. The molecule has 0 aromatic heterocycles. The maximum absolute atomic E-state index is 10.7. The van der Waals surface area contributed by atoms with Gasteiger partial charge in [0, 0.05) is 13.0 Å². The van der Waals surface area contributed by atoms with Crippen LogP contribution >= 0.6 is 0 Å². The molecule has 2 aromatic rings. The summed E-state index contributed by atoms with van der Waals surface area (Å²) in [7, 11) is 0. The van der Waals surface area contributed by atoms with Crippen LogP contribution in [-0.2, 0) is 6.61 Å². The Hall–Kier alpha value is -2.62. The zero-order valence-corrected chi connectivity index (χ0v) is 12.1. The third-order valence-corrected chi connectivity index (χ3v) is 3.22. The van der Waals surface area contributed by atoms with E-state index in [1.165, 1.54) is 6.92 Å². The number of hydrogen-bond donors (Lipinski definition) is 0. The molecular weight excluding hydrogens is 266 g/mol. The normalized spacial score (nSPS) is 11.2. The van der Waals surface area contributed by atoms with Crippen LogP contribution < -0.4 is 4.74 Å². The first-order valence-electron chi connectivity index (χ1n) is 6.67. The maximum atomic E-state index is 10.7. The van der Waals surface area contributed by atoms with Crippen LogP contribution in [0.1, 0.15) is 23.6 Å². The van der Waals surface area contributed by atoms with E-state index in [2.05, 4.69) is 0 Å². The van der Waals surface area contributed by atoms with Crippen molar-refractivity contribution in [3.63, 3.8) is 0 Å². The second-order valence-corrected chi connectivity index (χ2v) is 4.79. The van der Waals surface area contributed by atoms with Gasteiger partial charge in [-0.05, 0) is 29.7 Å². The van der Waals surface area contributed by atoms with Crippen molar-refractivity contribution in [2.75, 3.05) is 0 Å². The fourth-order valence-corrected chi connectivity index (χ4v) is 1.96. The molecule has 21 heavy (non-hydrogen) atoms. The predicted molar refractivity (Wildman–Crippen MR) is 82.6 cm³/mol. The number of nitrogens with zero attached hydrogens (tertiary/aromatic N) is 1. The first-order chi connectivity index (χ1) is 10.1. The van der Waals surface area contributed by atoms with E-state index in [4.69, 9.17) is 4.74 Å². The molecule has 0 aliphatic carbocycles. The van der Waals surface area contributed by atoms with Gasteiger partial charge in [0.15, 0.2) is 0 Å². The van der Waals surface area contributed by atoms with E-state index in [1.54, 1.807) is 6.08 Å². The van der Waals surface area contributed by atoms with Crippen molar-refractivity contribution in [1.82, 2.24) is 0 Å². The Kier molecular flexibility index (Phi) is 4.72. The molecule has 0 saturated carbocycles. The number of benzene rings is 2. The van der Waals surface area contributed by atoms with Gasteiger partial charge in [-0.3, -0.25) is 10.1 Å². The first-order valence-corrected chi connectivity index (χ1v) is 6.67. The van der Waals surface area contributed by atoms with Gasteiger partial charge in [-0.15, -0.1) is 0 Å². The van der Waals surface area contributed by atoms with E-state index in [1.807, 2.05) is 55.5 Å². The van der Waals surface area contributed by atoms with Crippen LogP contribution in [0.2, 0.25) is 0 Å². The second-order valence-electron chi connectivity index (χ2n) is 4.79. The molecule has 4 heteroatoms. The minimum atomic E-state index is -0.392. The molecule has 2 aromatic carbocycles. The molecule has 0 radical (unpaired) electrons. The quantitative estimate of drug-likeness (QED) is 0.610. The smallest absolute Gasteiger partial charge is 0.243 e. The van der Waals surface area contributed by atoms with E-state index in [0.29, 0.717) is 6.61 Å². The van der Waals surface area contributed by atoms with E-state index in [-0.39, 0.29) is 5.70 Å². The molecule has 0 saturated heterocycles. The van der Waals surface area contributed by atoms with Gasteiger partial charge < -0.3 is 4.74 Å². The molecule has 108 valence electrons. The van der Waals surface area contributed by atoms with Crippen LogP contribution in [0.3, 0.4) is 0 Å². The summed E-state index contributed by atoms with van der Waals surface area (Å²) < 4.78 is 5.81. The lowest BCUT2D eigenvalue weighted by Crippen LogP contribution is -1.98. The van der Waals surface area contributed by atoms with Crippen molar-refractivity contribution in [1.29, 1.82) is 0 Å². The molecule has 0 N–H and O–H groups in total. The zero-order chi connectivity index (χ0) is 15.2. The monoisotopic (exact) mass is 283 g/mol. The van der Waals surface area contributed by atoms with E-state index < -0.39 is 4.92 Å². The van der Waals surface area contributed by atoms with Gasteiger partial charge >= 0.3 is 0 Å². The molecule has 0 unspecified atom stereocenters. The van der Waals surface area contributed by atoms with Crippen LogP contribution in [-0.4, -0.2) is 4.92 Å². The average Bonchev–Trinajstić information content (AvgIpc) is 2.49. The molecule has 0 fully saturated rings. The predicted octanol–water partition coefficient (Wildman–Crippen LogP) is 4.21. The molecule has 0 aliphatic rings. The summed E-state index contributed by atoms with van der Waals surface area (Å²) >= 11 is 0. The van der Waals surface area contributed by atoms with E-state index in [0.717, 1.165) is 22.4 Å². The second kappa shape index (κ2) is 6.70. The Morgan fingerprint density at radius 2 is 1.90 bits per heavy atom. The first kappa shape index (κ1) is 14.8. The van der Waals surface area contributed by atoms with Crippen molar-refractivity contribution in [3.8, 4) is 5.75 Å². The van der Waals surface area contributed by atoms with Crippen molar-refractivity contribution in [2.45, 2.75) is 20.5 Å². The van der Waals surface area contributed by atoms with Gasteiger partial charge in [-0.1, -0.05) is 42.5 Å². The molecular formula is C17H17NO3. The number of hydrogen-bond acceptors (Lipinski definition) is 3. The van der Waals surface area contributed by atoms with Crippen LogP contribution in [0.25, 0.3) is 6.08 Å². The Labute approximate surface area is 123 Å². The van der Waals surface area contributed by atoms with Gasteiger partial charge in [-0.2, -0.15) is 0 Å². The molecule has 0 aliphatic heterocycles. The lowest BCUT2D eigenvalue weighted by atomic mass is 10.1. The molecule has 0 heterocycles. The minimum absolute atomic E-state index is 0.110. The highest BCUT2D eigenvalue weighted by Gasteiger charge is 2.07. The third kappa shape index (κ3) is 3.92. The van der Waals surface area contributed by atoms with Gasteiger partial charge in [0.2, 0.25) is 5.70 Å². The molecule has 0 atom stereocenters. The largest absolute Gasteiger partial charge is 0.489 e. The average molecular weight is 283 g/mol.